The van der Waals surface area contributed by atoms with Gasteiger partial charge in [0.1, 0.15) is 5.82 Å². The molecule has 1 aromatic carbocycles. The first-order valence-corrected chi connectivity index (χ1v) is 5.28. The van der Waals surface area contributed by atoms with Crippen molar-refractivity contribution >= 4 is 0 Å². The maximum Gasteiger partial charge on any atom is 0.165 e. The Bertz CT molecular complexity index is 389. The topological polar surface area (TPSA) is 41.5 Å². The largest absolute Gasteiger partial charge is 0.494 e. The van der Waals surface area contributed by atoms with E-state index in [1.807, 2.05) is 0 Å². The average molecular weight is 245 g/mol. The molecule has 0 aliphatic rings. The third kappa shape index (κ3) is 4.28. The molecule has 0 heterocycles. The van der Waals surface area contributed by atoms with Crippen LogP contribution < -0.4 is 10.1 Å². The Morgan fingerprint density at radius 3 is 2.47 bits per heavy atom. The Labute approximate surface area is 99.4 Å². The smallest absolute Gasteiger partial charge is 0.165 e. The molecular formula is C12H17F2NO2. The van der Waals surface area contributed by atoms with Crippen LogP contribution in [0.3, 0.4) is 0 Å². The van der Waals surface area contributed by atoms with Crippen LogP contribution in [-0.4, -0.2) is 24.4 Å². The van der Waals surface area contributed by atoms with Crippen molar-refractivity contribution in [2.24, 2.45) is 0 Å². The first-order valence-electron chi connectivity index (χ1n) is 5.28. The van der Waals surface area contributed by atoms with Crippen LogP contribution in [-0.2, 0) is 6.54 Å². The summed E-state index contributed by atoms with van der Waals surface area (Å²) < 4.78 is 31.5. The number of hydrogen-bond donors (Lipinski definition) is 2. The van der Waals surface area contributed by atoms with Crippen LogP contribution in [0.4, 0.5) is 8.78 Å². The van der Waals surface area contributed by atoms with E-state index in [0.29, 0.717) is 6.54 Å². The second kappa shape index (κ2) is 5.42. The first-order chi connectivity index (χ1) is 7.83. The molecule has 0 aliphatic carbocycles. The van der Waals surface area contributed by atoms with Crippen LogP contribution in [0.25, 0.3) is 0 Å². The Kier molecular flexibility index (Phi) is 4.42. The molecule has 2 N–H and O–H groups in total. The van der Waals surface area contributed by atoms with Crippen molar-refractivity contribution in [2.45, 2.75) is 26.0 Å². The summed E-state index contributed by atoms with van der Waals surface area (Å²) in [6.07, 6.45) is 0. The molecule has 3 nitrogen and oxygen atoms in total. The lowest BCUT2D eigenvalue weighted by atomic mass is 10.1. The van der Waals surface area contributed by atoms with E-state index < -0.39 is 17.2 Å². The number of rotatable bonds is 5. The summed E-state index contributed by atoms with van der Waals surface area (Å²) in [4.78, 5) is 0. The van der Waals surface area contributed by atoms with Gasteiger partial charge in [-0.05, 0) is 19.9 Å². The molecule has 0 saturated carbocycles. The second-order valence-electron chi connectivity index (χ2n) is 4.49. The molecule has 0 aliphatic heterocycles. The molecule has 17 heavy (non-hydrogen) atoms. The van der Waals surface area contributed by atoms with Crippen LogP contribution in [0, 0.1) is 11.6 Å². The summed E-state index contributed by atoms with van der Waals surface area (Å²) in [5.74, 6) is -1.26. The number of aliphatic hydroxyl groups is 1. The predicted molar refractivity (Wildman–Crippen MR) is 60.9 cm³/mol. The van der Waals surface area contributed by atoms with Gasteiger partial charge in [0.2, 0.25) is 0 Å². The molecule has 0 bridgehead atoms. The van der Waals surface area contributed by atoms with E-state index in [4.69, 9.17) is 0 Å². The molecule has 0 spiro atoms. The van der Waals surface area contributed by atoms with Crippen molar-refractivity contribution in [2.75, 3.05) is 13.7 Å². The van der Waals surface area contributed by atoms with E-state index in [0.717, 1.165) is 12.1 Å². The van der Waals surface area contributed by atoms with Crippen LogP contribution in [0.5, 0.6) is 5.75 Å². The lowest BCUT2D eigenvalue weighted by Crippen LogP contribution is -2.34. The minimum absolute atomic E-state index is 0.117. The fraction of sp³-hybridized carbons (Fsp3) is 0.500. The van der Waals surface area contributed by atoms with Crippen molar-refractivity contribution < 1.29 is 18.6 Å². The van der Waals surface area contributed by atoms with Gasteiger partial charge in [-0.3, -0.25) is 0 Å². The minimum Gasteiger partial charge on any atom is -0.494 e. The summed E-state index contributed by atoms with van der Waals surface area (Å²) in [6.45, 7) is 3.70. The van der Waals surface area contributed by atoms with E-state index in [1.165, 1.54) is 7.11 Å². The van der Waals surface area contributed by atoms with E-state index in [9.17, 15) is 13.9 Å². The van der Waals surface area contributed by atoms with Crippen molar-refractivity contribution in [3.05, 3.63) is 29.3 Å². The summed E-state index contributed by atoms with van der Waals surface area (Å²) in [7, 11) is 1.28. The highest BCUT2D eigenvalue weighted by molar-refractivity contribution is 5.30. The van der Waals surface area contributed by atoms with Gasteiger partial charge < -0.3 is 15.2 Å². The molecule has 1 rings (SSSR count). The van der Waals surface area contributed by atoms with Crippen LogP contribution in [0.15, 0.2) is 12.1 Å². The summed E-state index contributed by atoms with van der Waals surface area (Å²) in [5.41, 5.74) is -0.686. The van der Waals surface area contributed by atoms with Crippen LogP contribution in [0.1, 0.15) is 19.4 Å². The summed E-state index contributed by atoms with van der Waals surface area (Å²) in [5, 5.41) is 12.3. The van der Waals surface area contributed by atoms with Gasteiger partial charge in [0.25, 0.3) is 0 Å². The van der Waals surface area contributed by atoms with E-state index >= 15 is 0 Å². The SMILES string of the molecule is COc1cc(F)c(CNCC(C)(C)O)cc1F. The van der Waals surface area contributed by atoms with Gasteiger partial charge in [0.15, 0.2) is 11.6 Å². The fourth-order valence-electron chi connectivity index (χ4n) is 1.36. The third-order valence-electron chi connectivity index (χ3n) is 2.19. The zero-order valence-corrected chi connectivity index (χ0v) is 10.2. The standard InChI is InChI=1S/C12H17F2NO2/c1-12(2,16)7-15-6-8-4-10(14)11(17-3)5-9(8)13/h4-5,15-16H,6-7H2,1-3H3. The lowest BCUT2D eigenvalue weighted by molar-refractivity contribution is 0.0794. The van der Waals surface area contributed by atoms with Gasteiger partial charge in [-0.25, -0.2) is 8.78 Å². The monoisotopic (exact) mass is 245 g/mol. The predicted octanol–water partition coefficient (Wildman–Crippen LogP) is 1.83. The van der Waals surface area contributed by atoms with E-state index in [-0.39, 0.29) is 17.9 Å². The molecule has 0 saturated heterocycles. The summed E-state index contributed by atoms with van der Waals surface area (Å²) >= 11 is 0. The van der Waals surface area contributed by atoms with Crippen molar-refractivity contribution in [1.82, 2.24) is 5.32 Å². The normalized spacial score (nSPS) is 11.6. The molecule has 1 aromatic rings. The number of hydrogen-bond acceptors (Lipinski definition) is 3. The quantitative estimate of drug-likeness (QED) is 0.831. The fourth-order valence-corrected chi connectivity index (χ4v) is 1.36. The lowest BCUT2D eigenvalue weighted by Gasteiger charge is -2.18. The third-order valence-corrected chi connectivity index (χ3v) is 2.19. The van der Waals surface area contributed by atoms with Gasteiger partial charge in [-0.15, -0.1) is 0 Å². The Hall–Kier alpha value is -1.20. The van der Waals surface area contributed by atoms with Crippen LogP contribution >= 0.6 is 0 Å². The molecule has 5 heteroatoms. The maximum atomic E-state index is 13.5. The highest BCUT2D eigenvalue weighted by Gasteiger charge is 2.13. The molecule has 96 valence electrons. The maximum absolute atomic E-state index is 13.5. The van der Waals surface area contributed by atoms with Gasteiger partial charge in [0, 0.05) is 24.7 Å². The molecule has 0 unspecified atom stereocenters. The number of halogens is 2. The molecular weight excluding hydrogens is 228 g/mol. The van der Waals surface area contributed by atoms with E-state index in [2.05, 4.69) is 10.1 Å². The Morgan fingerprint density at radius 1 is 1.29 bits per heavy atom. The first kappa shape index (κ1) is 13.9. The highest BCUT2D eigenvalue weighted by atomic mass is 19.1. The number of benzene rings is 1. The van der Waals surface area contributed by atoms with Gasteiger partial charge in [-0.2, -0.15) is 0 Å². The Balaban J connectivity index is 2.69. The molecule has 0 radical (unpaired) electrons. The van der Waals surface area contributed by atoms with Crippen molar-refractivity contribution in [3.63, 3.8) is 0 Å². The van der Waals surface area contributed by atoms with Gasteiger partial charge >= 0.3 is 0 Å². The molecule has 0 atom stereocenters. The van der Waals surface area contributed by atoms with Crippen molar-refractivity contribution in [3.8, 4) is 5.75 Å². The van der Waals surface area contributed by atoms with Gasteiger partial charge in [0.05, 0.1) is 12.7 Å². The molecule has 0 aromatic heterocycles. The average Bonchev–Trinajstić information content (AvgIpc) is 2.20. The Morgan fingerprint density at radius 2 is 1.94 bits per heavy atom. The summed E-state index contributed by atoms with van der Waals surface area (Å²) in [6, 6.07) is 2.10. The zero-order chi connectivity index (χ0) is 13.1. The second-order valence-corrected chi connectivity index (χ2v) is 4.49. The zero-order valence-electron chi connectivity index (χ0n) is 10.2. The molecule has 0 amide bonds. The number of ether oxygens (including phenoxy) is 1. The van der Waals surface area contributed by atoms with Crippen molar-refractivity contribution in [1.29, 1.82) is 0 Å². The minimum atomic E-state index is -0.887. The van der Waals surface area contributed by atoms with Crippen LogP contribution in [0.2, 0.25) is 0 Å². The molecule has 0 fully saturated rings. The van der Waals surface area contributed by atoms with E-state index in [1.54, 1.807) is 13.8 Å². The van der Waals surface area contributed by atoms with Gasteiger partial charge in [-0.1, -0.05) is 0 Å². The number of methoxy groups -OCH3 is 1. The highest BCUT2D eigenvalue weighted by Crippen LogP contribution is 2.21. The number of nitrogens with one attached hydrogen (secondary N) is 1.